The second kappa shape index (κ2) is 21.4. The normalized spacial score (nSPS) is 29.3. The molecule has 2 bridgehead atoms. The number of aromatic nitrogens is 1. The van der Waals surface area contributed by atoms with Gasteiger partial charge in [0.1, 0.15) is 42.3 Å². The van der Waals surface area contributed by atoms with Crippen LogP contribution in [-0.2, 0) is 49.6 Å². The number of rotatable bonds is 15. The molecule has 0 radical (unpaired) electrons. The molecule has 1 unspecified atom stereocenters. The third kappa shape index (κ3) is 9.97. The minimum Gasteiger partial charge on any atom is -0.368 e. The lowest BCUT2D eigenvalue weighted by Gasteiger charge is -2.39. The monoisotopic (exact) mass is 1020 g/mol. The highest BCUT2D eigenvalue weighted by molar-refractivity contribution is 5.99. The van der Waals surface area contributed by atoms with E-state index in [9.17, 15) is 43.2 Å². The quantitative estimate of drug-likeness (QED) is 0.166. The number of benzene rings is 1. The molecule has 9 amide bonds. The fourth-order valence-corrected chi connectivity index (χ4v) is 13.3. The minimum atomic E-state index is -1.31. The molecule has 74 heavy (non-hydrogen) atoms. The molecule has 1 saturated carbocycles. The van der Waals surface area contributed by atoms with E-state index < -0.39 is 77.5 Å². The Hall–Kier alpha value is -6.45. The summed E-state index contributed by atoms with van der Waals surface area (Å²) in [4.78, 5) is 138. The summed E-state index contributed by atoms with van der Waals surface area (Å²) >= 11 is 0. The van der Waals surface area contributed by atoms with Crippen LogP contribution < -0.4 is 22.1 Å². The van der Waals surface area contributed by atoms with Gasteiger partial charge in [-0.1, -0.05) is 18.2 Å². The summed E-state index contributed by atoms with van der Waals surface area (Å²) in [5.74, 6) is -3.94. The van der Waals surface area contributed by atoms with Gasteiger partial charge in [0.25, 0.3) is 0 Å². The Morgan fingerprint density at radius 1 is 0.622 bits per heavy atom. The van der Waals surface area contributed by atoms with Crippen molar-refractivity contribution in [3.8, 4) is 0 Å². The molecule has 11 rings (SSSR count). The van der Waals surface area contributed by atoms with Crippen LogP contribution in [0, 0.1) is 0 Å². The molecule has 7 N–H and O–H groups in total. The molecule has 8 aliphatic heterocycles. The number of H-pyrrole nitrogens is 1. The molecular weight excluding hydrogens is 951 g/mol. The third-order valence-electron chi connectivity index (χ3n) is 17.4. The van der Waals surface area contributed by atoms with Crippen molar-refractivity contribution < 1.29 is 43.2 Å². The number of nitrogens with zero attached hydrogens (tertiary/aromatic N) is 8. The maximum absolute atomic E-state index is 14.6. The van der Waals surface area contributed by atoms with Crippen LogP contribution in [0.4, 0.5) is 0 Å². The molecule has 9 heterocycles. The van der Waals surface area contributed by atoms with Gasteiger partial charge in [-0.25, -0.2) is 0 Å². The highest BCUT2D eigenvalue weighted by Crippen LogP contribution is 2.39. The van der Waals surface area contributed by atoms with Gasteiger partial charge in [0.15, 0.2) is 0 Å². The predicted molar refractivity (Wildman–Crippen MR) is 267 cm³/mol. The van der Waals surface area contributed by atoms with Crippen molar-refractivity contribution in [2.24, 2.45) is 21.7 Å². The zero-order valence-corrected chi connectivity index (χ0v) is 42.2. The van der Waals surface area contributed by atoms with Crippen molar-refractivity contribution >= 4 is 64.1 Å². The van der Waals surface area contributed by atoms with Gasteiger partial charge in [-0.05, 0) is 121 Å². The maximum atomic E-state index is 14.6. The topological polar surface area (TPSA) is 290 Å². The molecule has 1 aliphatic carbocycles. The Bertz CT molecular complexity index is 2580. The van der Waals surface area contributed by atoms with Gasteiger partial charge in [0, 0.05) is 62.9 Å². The third-order valence-corrected chi connectivity index (χ3v) is 17.4. The molecule has 2 aromatic rings. The molecule has 6 saturated heterocycles. The van der Waals surface area contributed by atoms with Crippen molar-refractivity contribution in [2.75, 3.05) is 45.8 Å². The van der Waals surface area contributed by atoms with Crippen molar-refractivity contribution in [3.05, 3.63) is 36.0 Å². The molecule has 9 aliphatic rings. The number of hydrogen-bond donors (Lipinski definition) is 5. The molecule has 0 spiro atoms. The Kier molecular flexibility index (Phi) is 14.8. The van der Waals surface area contributed by atoms with E-state index in [0.29, 0.717) is 116 Å². The second-order valence-electron chi connectivity index (χ2n) is 21.9. The van der Waals surface area contributed by atoms with Crippen LogP contribution in [0.3, 0.4) is 0 Å². The molecule has 398 valence electrons. The lowest BCUT2D eigenvalue weighted by atomic mass is 9.78. The van der Waals surface area contributed by atoms with Gasteiger partial charge >= 0.3 is 0 Å². The molecule has 1 aromatic carbocycles. The summed E-state index contributed by atoms with van der Waals surface area (Å²) < 4.78 is 0. The molecule has 7 fully saturated rings. The van der Waals surface area contributed by atoms with Gasteiger partial charge in [-0.2, -0.15) is 10.2 Å². The SMILES string of the molecule is NC(=O)[C@H](CC(=O)NCC12CCC(CC1)N=N2)NC(=O)[C@@H]1CCCN1C(=O)[C@@H]1CCCN1C(=O)C1CCCN1C(=O)[C@@H]1CCCN1C(=O)[C@@H]1CCCN1C(=O)[C@@H]1CCCN1C(=O)[C@@H](N)Cc1c[nH]c2ccccc12. The van der Waals surface area contributed by atoms with Crippen LogP contribution in [0.25, 0.3) is 10.9 Å². The number of para-hydroxylation sites is 1. The van der Waals surface area contributed by atoms with Crippen LogP contribution in [0.2, 0.25) is 0 Å². The van der Waals surface area contributed by atoms with Gasteiger partial charge < -0.3 is 56.5 Å². The number of aromatic amines is 1. The first kappa shape index (κ1) is 51.1. The summed E-state index contributed by atoms with van der Waals surface area (Å²) in [6.07, 6.45) is 11.0. The van der Waals surface area contributed by atoms with E-state index in [1.54, 1.807) is 19.6 Å². The van der Waals surface area contributed by atoms with E-state index >= 15 is 0 Å². The Morgan fingerprint density at radius 3 is 1.54 bits per heavy atom. The second-order valence-corrected chi connectivity index (χ2v) is 21.9. The standard InChI is InChI=1S/C52H71N13O9/c53-34(27-31-29-55-35-10-2-1-9-33(31)35)46(69)61-22-4-12-38(61)48(71)63-24-6-14-40(63)50(73)65-26-8-16-42(65)51(74)64-25-7-15-41(64)49(72)62-23-5-13-39(62)47(70)60-21-3-11-37(60)45(68)57-36(44(54)67)28-43(66)56-30-52-19-17-32(18-20-52)58-59-52/h1-2,9-10,29,32,34,36-42,55H,3-8,11-28,30,53H2,(H2,54,67)(H,56,66)(H,57,68)/t32?,34-,36-,37-,38-,39-,40-,41?,42-,52?/m0/s1. The van der Waals surface area contributed by atoms with E-state index in [-0.39, 0.29) is 55.1 Å². The number of nitrogens with two attached hydrogens (primary N) is 2. The molecule has 22 heteroatoms. The summed E-state index contributed by atoms with van der Waals surface area (Å²) in [6.45, 7) is 2.20. The lowest BCUT2D eigenvalue weighted by Crippen LogP contribution is -2.59. The number of amides is 9. The van der Waals surface area contributed by atoms with Crippen LogP contribution in [0.15, 0.2) is 40.7 Å². The summed E-state index contributed by atoms with van der Waals surface area (Å²) in [5, 5.41) is 15.2. The lowest BCUT2D eigenvalue weighted by molar-refractivity contribution is -0.154. The van der Waals surface area contributed by atoms with Crippen LogP contribution in [0.5, 0.6) is 0 Å². The summed E-state index contributed by atoms with van der Waals surface area (Å²) in [5.41, 5.74) is 13.6. The Morgan fingerprint density at radius 2 is 1.07 bits per heavy atom. The van der Waals surface area contributed by atoms with Gasteiger partial charge in [-0.3, -0.25) is 43.2 Å². The van der Waals surface area contributed by atoms with Gasteiger partial charge in [0.2, 0.25) is 53.2 Å². The average Bonchev–Trinajstić information content (AvgIpc) is 4.28. The number of hydrogen-bond acceptors (Lipinski definition) is 12. The van der Waals surface area contributed by atoms with Crippen LogP contribution in [0.1, 0.15) is 115 Å². The molecular formula is C52H71N13O9. The predicted octanol–water partition coefficient (Wildman–Crippen LogP) is 0.607. The molecule has 8 atom stereocenters. The minimum absolute atomic E-state index is 0.241. The fraction of sp³-hybridized carbons (Fsp3) is 0.673. The number of nitrogens with one attached hydrogen (secondary N) is 3. The van der Waals surface area contributed by atoms with E-state index in [0.717, 1.165) is 42.1 Å². The van der Waals surface area contributed by atoms with Crippen molar-refractivity contribution in [3.63, 3.8) is 0 Å². The van der Waals surface area contributed by atoms with E-state index in [1.165, 1.54) is 9.80 Å². The van der Waals surface area contributed by atoms with Crippen molar-refractivity contribution in [2.45, 2.75) is 175 Å². The summed E-state index contributed by atoms with van der Waals surface area (Å²) in [7, 11) is 0. The number of primary amides is 1. The Balaban J connectivity index is 0.743. The number of likely N-dealkylation sites (tertiary alicyclic amines) is 6. The average molecular weight is 1020 g/mol. The van der Waals surface area contributed by atoms with Crippen molar-refractivity contribution in [1.82, 2.24) is 45.0 Å². The fourth-order valence-electron chi connectivity index (χ4n) is 13.3. The van der Waals surface area contributed by atoms with Crippen LogP contribution in [-0.4, -0.2) is 193 Å². The summed E-state index contributed by atoms with van der Waals surface area (Å²) in [6, 6.07) is 0.852. The maximum Gasteiger partial charge on any atom is 0.246 e. The first-order valence-electron chi connectivity index (χ1n) is 27.1. The highest BCUT2D eigenvalue weighted by atomic mass is 16.2. The van der Waals surface area contributed by atoms with E-state index in [4.69, 9.17) is 11.5 Å². The molecule has 22 nitrogen and oxygen atoms in total. The van der Waals surface area contributed by atoms with E-state index in [2.05, 4.69) is 25.8 Å². The first-order chi connectivity index (χ1) is 35.7. The Labute approximate surface area is 430 Å². The number of azo groups is 1. The first-order valence-corrected chi connectivity index (χ1v) is 27.1. The number of carbonyl (C=O) groups is 9. The van der Waals surface area contributed by atoms with Gasteiger partial charge in [0.05, 0.1) is 24.0 Å². The number of fused-ring (bicyclic) bond motifs is 3. The largest absolute Gasteiger partial charge is 0.368 e. The highest BCUT2D eigenvalue weighted by Gasteiger charge is 2.50. The van der Waals surface area contributed by atoms with Crippen molar-refractivity contribution in [1.29, 1.82) is 0 Å². The number of carbonyl (C=O) groups excluding carboxylic acids is 9. The zero-order valence-electron chi connectivity index (χ0n) is 42.2. The zero-order chi connectivity index (χ0) is 51.8. The van der Waals surface area contributed by atoms with E-state index in [1.807, 2.05) is 30.5 Å². The molecule has 1 aromatic heterocycles. The van der Waals surface area contributed by atoms with Crippen LogP contribution >= 0.6 is 0 Å². The smallest absolute Gasteiger partial charge is 0.246 e. The van der Waals surface area contributed by atoms with Gasteiger partial charge in [-0.15, -0.1) is 0 Å².